The topological polar surface area (TPSA) is 55.2 Å². The van der Waals surface area contributed by atoms with Gasteiger partial charge in [0.2, 0.25) is 5.88 Å². The van der Waals surface area contributed by atoms with Crippen molar-refractivity contribution in [2.45, 2.75) is 24.9 Å². The van der Waals surface area contributed by atoms with Crippen LogP contribution in [0.3, 0.4) is 0 Å². The number of hydrogen-bond donors (Lipinski definition) is 1. The molecule has 0 aromatic carbocycles. The van der Waals surface area contributed by atoms with Gasteiger partial charge in [-0.2, -0.15) is 4.98 Å². The molecule has 1 N–H and O–H groups in total. The highest BCUT2D eigenvalue weighted by atomic mass is 16.5. The van der Waals surface area contributed by atoms with Gasteiger partial charge in [-0.1, -0.05) is 0 Å². The molecular weight excluding hydrogens is 168 g/mol. The van der Waals surface area contributed by atoms with Crippen LogP contribution in [0.2, 0.25) is 0 Å². The summed E-state index contributed by atoms with van der Waals surface area (Å²) in [6.07, 6.45) is 4.15. The Morgan fingerprint density at radius 3 is 2.85 bits per heavy atom. The van der Waals surface area contributed by atoms with Gasteiger partial charge in [-0.05, 0) is 19.3 Å². The number of aromatic nitrogens is 2. The molecule has 0 aliphatic heterocycles. The van der Waals surface area contributed by atoms with E-state index in [-0.39, 0.29) is 0 Å². The second-order valence-corrected chi connectivity index (χ2v) is 3.31. The van der Waals surface area contributed by atoms with Crippen molar-refractivity contribution in [1.82, 2.24) is 9.97 Å². The molecule has 0 spiro atoms. The van der Waals surface area contributed by atoms with E-state index in [0.29, 0.717) is 11.7 Å². The monoisotopic (exact) mass is 180 g/mol. The van der Waals surface area contributed by atoms with Crippen molar-refractivity contribution in [1.29, 1.82) is 0 Å². The van der Waals surface area contributed by atoms with Crippen molar-refractivity contribution < 1.29 is 9.84 Å². The number of nitrogens with zero attached hydrogens (tertiary/aromatic N) is 2. The first-order valence-corrected chi connectivity index (χ1v) is 4.34. The lowest BCUT2D eigenvalue weighted by Crippen LogP contribution is -2.35. The van der Waals surface area contributed by atoms with Crippen molar-refractivity contribution >= 4 is 0 Å². The zero-order valence-electron chi connectivity index (χ0n) is 7.53. The van der Waals surface area contributed by atoms with Crippen molar-refractivity contribution in [3.8, 4) is 5.88 Å². The molecule has 0 unspecified atom stereocenters. The van der Waals surface area contributed by atoms with Gasteiger partial charge in [0.15, 0.2) is 5.82 Å². The van der Waals surface area contributed by atoms with Crippen LogP contribution in [0, 0.1) is 0 Å². The fraction of sp³-hybridized carbons (Fsp3) is 0.556. The summed E-state index contributed by atoms with van der Waals surface area (Å²) in [6, 6.07) is 1.67. The molecule has 0 atom stereocenters. The highest BCUT2D eigenvalue weighted by Crippen LogP contribution is 2.39. The minimum Gasteiger partial charge on any atom is -0.481 e. The molecule has 1 aromatic rings. The molecule has 0 radical (unpaired) electrons. The van der Waals surface area contributed by atoms with Gasteiger partial charge in [-0.15, -0.1) is 0 Å². The average Bonchev–Trinajstić information content (AvgIpc) is 2.14. The normalized spacial score (nSPS) is 19.2. The van der Waals surface area contributed by atoms with Crippen molar-refractivity contribution in [2.75, 3.05) is 7.11 Å². The highest BCUT2D eigenvalue weighted by Gasteiger charge is 2.39. The maximum Gasteiger partial charge on any atom is 0.216 e. The van der Waals surface area contributed by atoms with Crippen LogP contribution in [-0.2, 0) is 5.60 Å². The molecule has 1 fully saturated rings. The lowest BCUT2D eigenvalue weighted by Gasteiger charge is -2.34. The van der Waals surface area contributed by atoms with E-state index in [1.54, 1.807) is 19.4 Å². The molecule has 1 aliphatic rings. The van der Waals surface area contributed by atoms with Crippen LogP contribution in [0.5, 0.6) is 5.88 Å². The average molecular weight is 180 g/mol. The molecule has 2 rings (SSSR count). The number of rotatable bonds is 2. The lowest BCUT2D eigenvalue weighted by molar-refractivity contribution is -0.0471. The van der Waals surface area contributed by atoms with Crippen LogP contribution in [0.1, 0.15) is 25.1 Å². The minimum absolute atomic E-state index is 0.484. The summed E-state index contributed by atoms with van der Waals surface area (Å²) in [6.45, 7) is 0. The minimum atomic E-state index is -0.797. The molecule has 13 heavy (non-hydrogen) atoms. The molecule has 0 bridgehead atoms. The Kier molecular flexibility index (Phi) is 1.92. The predicted octanol–water partition coefficient (Wildman–Crippen LogP) is 0.857. The third-order valence-electron chi connectivity index (χ3n) is 2.44. The largest absolute Gasteiger partial charge is 0.481 e. The molecule has 1 heterocycles. The van der Waals surface area contributed by atoms with E-state index < -0.39 is 5.60 Å². The van der Waals surface area contributed by atoms with E-state index in [9.17, 15) is 5.11 Å². The van der Waals surface area contributed by atoms with Gasteiger partial charge in [-0.3, -0.25) is 0 Å². The Hall–Kier alpha value is -1.16. The van der Waals surface area contributed by atoms with Gasteiger partial charge in [0.25, 0.3) is 0 Å². The van der Waals surface area contributed by atoms with Crippen molar-refractivity contribution in [3.05, 3.63) is 18.1 Å². The summed E-state index contributed by atoms with van der Waals surface area (Å²) in [5.74, 6) is 0.989. The zero-order valence-corrected chi connectivity index (χ0v) is 7.53. The number of methoxy groups -OCH3 is 1. The fourth-order valence-corrected chi connectivity index (χ4v) is 1.42. The van der Waals surface area contributed by atoms with E-state index in [2.05, 4.69) is 9.97 Å². The SMILES string of the molecule is COc1ccnc(C2(O)CCC2)n1. The highest BCUT2D eigenvalue weighted by molar-refractivity contribution is 5.14. The van der Waals surface area contributed by atoms with Gasteiger partial charge in [0.1, 0.15) is 5.60 Å². The summed E-state index contributed by atoms with van der Waals surface area (Å²) in [7, 11) is 1.55. The van der Waals surface area contributed by atoms with E-state index in [4.69, 9.17) is 4.74 Å². The van der Waals surface area contributed by atoms with E-state index in [0.717, 1.165) is 19.3 Å². The molecule has 1 saturated carbocycles. The van der Waals surface area contributed by atoms with Crippen LogP contribution in [0.4, 0.5) is 0 Å². The zero-order chi connectivity index (χ0) is 9.31. The number of ether oxygens (including phenoxy) is 1. The van der Waals surface area contributed by atoms with Crippen molar-refractivity contribution in [2.24, 2.45) is 0 Å². The quantitative estimate of drug-likeness (QED) is 0.733. The summed E-state index contributed by atoms with van der Waals surface area (Å²) in [5, 5.41) is 9.92. The summed E-state index contributed by atoms with van der Waals surface area (Å²) < 4.78 is 4.96. The predicted molar refractivity (Wildman–Crippen MR) is 46.3 cm³/mol. The van der Waals surface area contributed by atoms with Crippen LogP contribution in [0.15, 0.2) is 12.3 Å². The van der Waals surface area contributed by atoms with Crippen LogP contribution < -0.4 is 4.74 Å². The van der Waals surface area contributed by atoms with Gasteiger partial charge in [-0.25, -0.2) is 4.98 Å². The smallest absolute Gasteiger partial charge is 0.216 e. The fourth-order valence-electron chi connectivity index (χ4n) is 1.42. The molecule has 1 aromatic heterocycles. The number of hydrogen-bond acceptors (Lipinski definition) is 4. The molecule has 0 saturated heterocycles. The summed E-state index contributed by atoms with van der Waals surface area (Å²) in [4.78, 5) is 8.14. The van der Waals surface area contributed by atoms with Gasteiger partial charge in [0.05, 0.1) is 7.11 Å². The molecule has 4 heteroatoms. The third-order valence-corrected chi connectivity index (χ3v) is 2.44. The van der Waals surface area contributed by atoms with E-state index >= 15 is 0 Å². The molecule has 70 valence electrons. The first kappa shape index (κ1) is 8.44. The van der Waals surface area contributed by atoms with Gasteiger partial charge < -0.3 is 9.84 Å². The maximum atomic E-state index is 9.92. The standard InChI is InChI=1S/C9H12N2O2/c1-13-7-3-6-10-8(11-7)9(12)4-2-5-9/h3,6,12H,2,4-5H2,1H3. The molecule has 1 aliphatic carbocycles. The Bertz CT molecular complexity index is 310. The Morgan fingerprint density at radius 2 is 2.31 bits per heavy atom. The van der Waals surface area contributed by atoms with E-state index in [1.165, 1.54) is 0 Å². The molecule has 0 amide bonds. The van der Waals surface area contributed by atoms with Crippen LogP contribution in [0.25, 0.3) is 0 Å². The number of aliphatic hydroxyl groups is 1. The van der Waals surface area contributed by atoms with Crippen LogP contribution in [-0.4, -0.2) is 22.2 Å². The van der Waals surface area contributed by atoms with E-state index in [1.807, 2.05) is 0 Å². The van der Waals surface area contributed by atoms with Gasteiger partial charge in [0, 0.05) is 12.3 Å². The lowest BCUT2D eigenvalue weighted by atomic mass is 9.79. The summed E-state index contributed by atoms with van der Waals surface area (Å²) in [5.41, 5.74) is -0.797. The van der Waals surface area contributed by atoms with Gasteiger partial charge >= 0.3 is 0 Å². The Morgan fingerprint density at radius 1 is 1.54 bits per heavy atom. The third kappa shape index (κ3) is 1.37. The maximum absolute atomic E-state index is 9.92. The molecular formula is C9H12N2O2. The Labute approximate surface area is 76.6 Å². The Balaban J connectivity index is 2.29. The second kappa shape index (κ2) is 2.96. The second-order valence-electron chi connectivity index (χ2n) is 3.31. The first-order chi connectivity index (χ1) is 6.24. The molecule has 4 nitrogen and oxygen atoms in total. The summed E-state index contributed by atoms with van der Waals surface area (Å²) >= 11 is 0. The van der Waals surface area contributed by atoms with Crippen molar-refractivity contribution in [3.63, 3.8) is 0 Å². The first-order valence-electron chi connectivity index (χ1n) is 4.34. The van der Waals surface area contributed by atoms with Crippen LogP contribution >= 0.6 is 0 Å².